The van der Waals surface area contributed by atoms with Crippen molar-refractivity contribution >= 4 is 65.4 Å². The van der Waals surface area contributed by atoms with Crippen LogP contribution in [0.2, 0.25) is 0 Å². The largest absolute Gasteiger partial charge is 0.368 e. The van der Waals surface area contributed by atoms with Crippen LogP contribution < -0.4 is 21.3 Å². The summed E-state index contributed by atoms with van der Waals surface area (Å²) in [5.41, 5.74) is 2.04. The van der Waals surface area contributed by atoms with E-state index in [1.54, 1.807) is 36.4 Å². The highest BCUT2D eigenvalue weighted by Gasteiger charge is 2.23. The lowest BCUT2D eigenvalue weighted by Gasteiger charge is -2.10. The second-order valence-corrected chi connectivity index (χ2v) is 8.37. The number of nitrogens with zero attached hydrogens (tertiary/aromatic N) is 3. The van der Waals surface area contributed by atoms with Gasteiger partial charge in [-0.3, -0.25) is 29.7 Å². The Kier molecular flexibility index (Phi) is 9.58. The number of halogens is 2. The summed E-state index contributed by atoms with van der Waals surface area (Å²) in [7, 11) is 0. The van der Waals surface area contributed by atoms with Crippen molar-refractivity contribution in [1.82, 2.24) is 10.6 Å². The minimum atomic E-state index is -0.677. The number of carbonyl (C=O) groups is 2. The summed E-state index contributed by atoms with van der Waals surface area (Å²) in [5, 5.41) is 23.6. The number of nitro groups is 1. The highest BCUT2D eigenvalue weighted by Crippen LogP contribution is 2.23. The number of aliphatic imine (C=N–C) groups is 2. The van der Waals surface area contributed by atoms with Crippen molar-refractivity contribution in [3.8, 4) is 0 Å². The molecule has 202 valence electrons. The molecule has 2 heterocycles. The Morgan fingerprint density at radius 1 is 0.769 bits per heavy atom. The fourth-order valence-electron chi connectivity index (χ4n) is 4.09. The number of hydrogen-bond acceptors (Lipinski definition) is 8. The lowest BCUT2D eigenvalue weighted by atomic mass is 10.1. The molecule has 11 nitrogen and oxygen atoms in total. The van der Waals surface area contributed by atoms with E-state index in [0.717, 1.165) is 42.0 Å². The van der Waals surface area contributed by atoms with Gasteiger partial charge in [-0.2, -0.15) is 0 Å². The van der Waals surface area contributed by atoms with E-state index in [9.17, 15) is 19.7 Å². The molecule has 13 heteroatoms. The predicted octanol–water partition coefficient (Wildman–Crippen LogP) is 3.64. The van der Waals surface area contributed by atoms with Gasteiger partial charge in [0.05, 0.1) is 18.0 Å². The van der Waals surface area contributed by atoms with Crippen LogP contribution in [0.25, 0.3) is 0 Å². The molecule has 39 heavy (non-hydrogen) atoms. The Bertz CT molecular complexity index is 1480. The van der Waals surface area contributed by atoms with Gasteiger partial charge in [0.15, 0.2) is 0 Å². The maximum absolute atomic E-state index is 12.9. The quantitative estimate of drug-likeness (QED) is 0.252. The van der Waals surface area contributed by atoms with Crippen LogP contribution in [-0.4, -0.2) is 54.6 Å². The summed E-state index contributed by atoms with van der Waals surface area (Å²) >= 11 is 0. The molecule has 2 aliphatic rings. The number of rotatable bonds is 7. The predicted molar refractivity (Wildman–Crippen MR) is 155 cm³/mol. The number of benzene rings is 3. The topological polar surface area (TPSA) is 150 Å². The Hall–Kier alpha value is -4.48. The first-order valence-electron chi connectivity index (χ1n) is 11.7. The smallest absolute Gasteiger partial charge is 0.282 e. The third kappa shape index (κ3) is 6.70. The van der Waals surface area contributed by atoms with Crippen LogP contribution in [0.1, 0.15) is 31.8 Å². The zero-order valence-corrected chi connectivity index (χ0v) is 22.1. The molecule has 0 saturated heterocycles. The van der Waals surface area contributed by atoms with Gasteiger partial charge >= 0.3 is 0 Å². The molecule has 2 aliphatic heterocycles. The van der Waals surface area contributed by atoms with Gasteiger partial charge in [0.2, 0.25) is 0 Å². The number of amidine groups is 2. The van der Waals surface area contributed by atoms with Gasteiger partial charge in [-0.15, -0.1) is 24.8 Å². The number of anilines is 2. The fourth-order valence-corrected chi connectivity index (χ4v) is 4.09. The van der Waals surface area contributed by atoms with E-state index in [-0.39, 0.29) is 35.9 Å². The number of amides is 2. The number of nitrogens with one attached hydrogen (secondary N) is 4. The summed E-state index contributed by atoms with van der Waals surface area (Å²) in [6, 6.07) is 18.0. The Morgan fingerprint density at radius 2 is 1.31 bits per heavy atom. The molecule has 0 aliphatic carbocycles. The Morgan fingerprint density at radius 3 is 1.79 bits per heavy atom. The van der Waals surface area contributed by atoms with E-state index in [1.165, 1.54) is 12.1 Å². The lowest BCUT2D eigenvalue weighted by Crippen LogP contribution is -2.20. The van der Waals surface area contributed by atoms with Crippen molar-refractivity contribution in [2.45, 2.75) is 0 Å². The van der Waals surface area contributed by atoms with Crippen LogP contribution in [0, 0.1) is 10.1 Å². The first-order chi connectivity index (χ1) is 18.0. The summed E-state index contributed by atoms with van der Waals surface area (Å²) in [6.07, 6.45) is 0. The molecule has 0 bridgehead atoms. The van der Waals surface area contributed by atoms with Crippen molar-refractivity contribution in [3.63, 3.8) is 0 Å². The van der Waals surface area contributed by atoms with E-state index in [4.69, 9.17) is 0 Å². The van der Waals surface area contributed by atoms with Gasteiger partial charge in [0, 0.05) is 47.2 Å². The maximum Gasteiger partial charge on any atom is 0.282 e. The fraction of sp³-hybridized carbons (Fsp3) is 0.154. The van der Waals surface area contributed by atoms with Crippen LogP contribution in [0.4, 0.5) is 17.1 Å². The Labute approximate surface area is 236 Å². The molecule has 2 amide bonds. The molecule has 0 atom stereocenters. The third-order valence-corrected chi connectivity index (χ3v) is 5.84. The van der Waals surface area contributed by atoms with Crippen molar-refractivity contribution in [2.24, 2.45) is 9.98 Å². The molecule has 4 N–H and O–H groups in total. The second-order valence-electron chi connectivity index (χ2n) is 8.37. The molecule has 3 aromatic rings. The van der Waals surface area contributed by atoms with Crippen molar-refractivity contribution in [1.29, 1.82) is 0 Å². The molecule has 0 saturated carbocycles. The van der Waals surface area contributed by atoms with E-state index in [0.29, 0.717) is 24.5 Å². The standard InChI is InChI=1S/C26H23N7O4.2ClH/c34-25(31-19-5-1-3-16(13-19)23-27-9-10-28-23)18-7-8-21(22(15-18)33(36)37)26(35)32-20-6-2-4-17(14-20)24-29-11-12-30-24;;/h1-8,13-15H,9-12H2,(H,27,28)(H,29,30)(H,31,34)(H,32,35);2*1H. The zero-order chi connectivity index (χ0) is 25.8. The van der Waals surface area contributed by atoms with Gasteiger partial charge in [0.25, 0.3) is 17.5 Å². The number of carbonyl (C=O) groups excluding carboxylic acids is 2. The molecular formula is C26H25Cl2N7O4. The number of nitro benzene ring substituents is 1. The summed E-state index contributed by atoms with van der Waals surface area (Å²) in [6.45, 7) is 2.87. The summed E-state index contributed by atoms with van der Waals surface area (Å²) in [5.74, 6) is 0.288. The van der Waals surface area contributed by atoms with Crippen LogP contribution in [0.3, 0.4) is 0 Å². The molecule has 0 radical (unpaired) electrons. The highest BCUT2D eigenvalue weighted by atomic mass is 35.5. The minimum Gasteiger partial charge on any atom is -0.368 e. The molecule has 0 spiro atoms. The van der Waals surface area contributed by atoms with Crippen molar-refractivity contribution < 1.29 is 14.5 Å². The Balaban J connectivity index is 0.00000210. The van der Waals surface area contributed by atoms with Gasteiger partial charge in [-0.1, -0.05) is 24.3 Å². The van der Waals surface area contributed by atoms with E-state index in [1.807, 2.05) is 12.1 Å². The van der Waals surface area contributed by atoms with E-state index >= 15 is 0 Å². The van der Waals surface area contributed by atoms with Gasteiger partial charge in [0.1, 0.15) is 17.2 Å². The van der Waals surface area contributed by atoms with E-state index in [2.05, 4.69) is 31.3 Å². The maximum atomic E-state index is 12.9. The van der Waals surface area contributed by atoms with Crippen LogP contribution in [-0.2, 0) is 0 Å². The van der Waals surface area contributed by atoms with Gasteiger partial charge < -0.3 is 21.3 Å². The highest BCUT2D eigenvalue weighted by molar-refractivity contribution is 6.10. The average Bonchev–Trinajstić information content (AvgIpc) is 3.64. The molecule has 0 unspecified atom stereocenters. The second kappa shape index (κ2) is 12.9. The monoisotopic (exact) mass is 569 g/mol. The summed E-state index contributed by atoms with van der Waals surface area (Å²) in [4.78, 5) is 45.6. The zero-order valence-electron chi connectivity index (χ0n) is 20.5. The van der Waals surface area contributed by atoms with Gasteiger partial charge in [-0.25, -0.2) is 0 Å². The molecular weight excluding hydrogens is 545 g/mol. The molecule has 5 rings (SSSR count). The van der Waals surface area contributed by atoms with Crippen LogP contribution in [0.15, 0.2) is 76.7 Å². The van der Waals surface area contributed by atoms with Crippen LogP contribution in [0.5, 0.6) is 0 Å². The minimum absolute atomic E-state index is 0. The normalized spacial score (nSPS) is 13.4. The van der Waals surface area contributed by atoms with Crippen LogP contribution >= 0.6 is 24.8 Å². The summed E-state index contributed by atoms with van der Waals surface area (Å²) < 4.78 is 0. The van der Waals surface area contributed by atoms with Crippen molar-refractivity contribution in [3.05, 3.63) is 99.1 Å². The first kappa shape index (κ1) is 29.1. The van der Waals surface area contributed by atoms with Gasteiger partial charge in [-0.05, 0) is 36.4 Å². The van der Waals surface area contributed by atoms with E-state index < -0.39 is 22.4 Å². The lowest BCUT2D eigenvalue weighted by molar-refractivity contribution is -0.385. The third-order valence-electron chi connectivity index (χ3n) is 5.84. The SMILES string of the molecule is Cl.Cl.O=C(Nc1cccc(C2=NCCN2)c1)c1ccc(C(=O)Nc2cccc(C3=NCCN3)c2)c([N+](=O)[O-])c1. The first-order valence-corrected chi connectivity index (χ1v) is 11.7. The number of hydrogen-bond donors (Lipinski definition) is 4. The van der Waals surface area contributed by atoms with Crippen molar-refractivity contribution in [2.75, 3.05) is 36.8 Å². The molecule has 0 fully saturated rings. The molecule has 3 aromatic carbocycles. The average molecular weight is 570 g/mol. The molecule has 0 aromatic heterocycles.